The van der Waals surface area contributed by atoms with E-state index >= 15 is 0 Å². The van der Waals surface area contributed by atoms with Crippen LogP contribution in [0.3, 0.4) is 0 Å². The Kier molecular flexibility index (Phi) is 16.9. The summed E-state index contributed by atoms with van der Waals surface area (Å²) in [7, 11) is 85.0. The van der Waals surface area contributed by atoms with Crippen LogP contribution in [0.4, 0.5) is 0 Å². The third kappa shape index (κ3) is 8.57. The summed E-state index contributed by atoms with van der Waals surface area (Å²) in [6.07, 6.45) is -4.14. The predicted molar refractivity (Wildman–Crippen MR) is 358 cm³/mol. The topological polar surface area (TPSA) is 0 Å². The third-order valence-electron chi connectivity index (χ3n) is 18.8. The fourth-order valence-corrected chi connectivity index (χ4v) is 13.4. The van der Waals surface area contributed by atoms with Crippen LogP contribution in [0, 0.1) is 125 Å². The van der Waals surface area contributed by atoms with Gasteiger partial charge in [-0.2, -0.15) is 0 Å². The van der Waals surface area contributed by atoms with Crippen molar-refractivity contribution in [2.75, 3.05) is 0 Å². The minimum Gasteiger partial charge on any atom is -0.112 e. The maximum Gasteiger partial charge on any atom is 0.0821 e. The van der Waals surface area contributed by atoms with E-state index in [0.29, 0.717) is 16.4 Å². The molecule has 0 fully saturated rings. The van der Waals surface area contributed by atoms with Crippen LogP contribution in [0.2, 0.25) is 0 Å². The summed E-state index contributed by atoms with van der Waals surface area (Å²) in [6.45, 7) is 37.0. The minimum atomic E-state index is -1.09. The van der Waals surface area contributed by atoms with Crippen LogP contribution in [0.15, 0.2) is 0 Å². The zero-order valence-electron chi connectivity index (χ0n) is 47.7. The highest BCUT2D eigenvalue weighted by atomic mass is 14.3. The van der Waals surface area contributed by atoms with E-state index in [0.717, 1.165) is 54.8 Å². The van der Waals surface area contributed by atoms with E-state index < -0.39 is 51.5 Å². The van der Waals surface area contributed by atoms with Crippen molar-refractivity contribution >= 4 is 223 Å². The van der Waals surface area contributed by atoms with Crippen molar-refractivity contribution in [3.05, 3.63) is 100 Å². The Hall–Kier alpha value is -2.99. The molecule has 26 radical (unpaired) electrons. The fourth-order valence-electron chi connectivity index (χ4n) is 13.4. The van der Waals surface area contributed by atoms with Crippen LogP contribution in [-0.4, -0.2) is 158 Å². The standard InChI is InChI=1S/C52H54B22/c1-19-20(2)28(10)39-37(26(19)8)27(9)25(7)33(15)40(39)46-41-29(11)21(3)23(5)31(13)43(41)47(44-32(14)24(6)22(4)30(12)42(44)46)45-35(17)34(16)38-36(18)49(70(73(61)62)74(63)64)52(69(66-54)72(59)60)51(68(56)71(57)58)48(38)50(45)67(55)65-53/h1-18H3. The number of hydrogen-bond donors (Lipinski definition) is 0. The highest BCUT2D eigenvalue weighted by molar-refractivity contribution is 7.85. The van der Waals surface area contributed by atoms with E-state index in [4.69, 9.17) is 92.8 Å². The summed E-state index contributed by atoms with van der Waals surface area (Å²) >= 11 is 0. The van der Waals surface area contributed by atoms with Crippen LogP contribution >= 0.6 is 0 Å². The van der Waals surface area contributed by atoms with Gasteiger partial charge in [-0.1, -0.05) is 16.5 Å². The zero-order chi connectivity index (χ0) is 55.7. The van der Waals surface area contributed by atoms with Crippen molar-refractivity contribution in [1.82, 2.24) is 0 Å². The van der Waals surface area contributed by atoms with E-state index in [9.17, 15) is 0 Å². The van der Waals surface area contributed by atoms with Crippen LogP contribution in [0.1, 0.15) is 100 Å². The molecule has 0 aromatic heterocycles. The number of fused-ring (bicyclic) bond motifs is 4. The van der Waals surface area contributed by atoms with E-state index in [2.05, 4.69) is 118 Å². The molecule has 0 amide bonds. The Balaban J connectivity index is 2.00. The van der Waals surface area contributed by atoms with Gasteiger partial charge in [0.2, 0.25) is 0 Å². The van der Waals surface area contributed by atoms with Gasteiger partial charge < -0.3 is 0 Å². The van der Waals surface area contributed by atoms with Gasteiger partial charge in [0.15, 0.2) is 0 Å². The molecule has 0 nitrogen and oxygen atoms in total. The van der Waals surface area contributed by atoms with Gasteiger partial charge in [0.05, 0.1) is 26.0 Å². The first-order valence-electron chi connectivity index (χ1n) is 26.2. The first-order valence-corrected chi connectivity index (χ1v) is 26.2. The maximum absolute atomic E-state index is 7.60. The molecule has 7 rings (SSSR count). The molecule has 0 saturated heterocycles. The summed E-state index contributed by atoms with van der Waals surface area (Å²) in [6, 6.07) is 0. The van der Waals surface area contributed by atoms with Crippen molar-refractivity contribution in [3.8, 4) is 22.3 Å². The summed E-state index contributed by atoms with van der Waals surface area (Å²) < 4.78 is 0. The lowest BCUT2D eigenvalue weighted by atomic mass is 8.70. The van der Waals surface area contributed by atoms with E-state index in [1.807, 2.05) is 6.92 Å². The van der Waals surface area contributed by atoms with Crippen LogP contribution in [0.25, 0.3) is 65.3 Å². The van der Waals surface area contributed by atoms with Gasteiger partial charge in [0.1, 0.15) is 0 Å². The lowest BCUT2D eigenvalue weighted by Gasteiger charge is -2.39. The predicted octanol–water partition coefficient (Wildman–Crippen LogP) is 3.51. The molecule has 328 valence electrons. The normalized spacial score (nSPS) is 11.5. The quantitative estimate of drug-likeness (QED) is 0.130. The molecule has 0 spiro atoms. The zero-order valence-corrected chi connectivity index (χ0v) is 47.7. The highest BCUT2D eigenvalue weighted by Crippen LogP contribution is 2.54. The molecule has 22 heteroatoms. The molecular weight excluding hydrogens is 862 g/mol. The van der Waals surface area contributed by atoms with Crippen molar-refractivity contribution in [2.45, 2.75) is 125 Å². The summed E-state index contributed by atoms with van der Waals surface area (Å²) in [5.74, 6) is 0. The average Bonchev–Trinajstić information content (AvgIpc) is 3.34. The fraction of sp³-hybridized carbons (Fsp3) is 0.346. The Bertz CT molecular complexity index is 3430. The summed E-state index contributed by atoms with van der Waals surface area (Å²) in [4.78, 5) is 0. The highest BCUT2D eigenvalue weighted by Gasteiger charge is 2.39. The molecule has 74 heavy (non-hydrogen) atoms. The first kappa shape index (κ1) is 58.7. The van der Waals surface area contributed by atoms with Crippen molar-refractivity contribution in [3.63, 3.8) is 0 Å². The number of rotatable bonds is 12. The van der Waals surface area contributed by atoms with E-state index in [1.165, 1.54) is 123 Å². The molecule has 0 aliphatic heterocycles. The largest absolute Gasteiger partial charge is 0.112 e. The van der Waals surface area contributed by atoms with E-state index in [-0.39, 0.29) is 0 Å². The van der Waals surface area contributed by atoms with Gasteiger partial charge in [-0.15, -0.1) is 10.9 Å². The Morgan fingerprint density at radius 1 is 0.243 bits per heavy atom. The number of hydrogen-bond acceptors (Lipinski definition) is 0. The van der Waals surface area contributed by atoms with Crippen LogP contribution in [-0.2, 0) is 0 Å². The second-order valence-electron chi connectivity index (χ2n) is 22.2. The number of benzene rings is 7. The Morgan fingerprint density at radius 2 is 0.554 bits per heavy atom. The Morgan fingerprint density at radius 3 is 0.892 bits per heavy atom. The van der Waals surface area contributed by atoms with Gasteiger partial charge in [-0.05, 0) is 285 Å². The molecule has 0 aliphatic carbocycles. The number of aryl methyl sites for hydroxylation is 9. The molecule has 0 atom stereocenters. The molecular formula is C52H54B22. The average molecular weight is 917 g/mol. The molecule has 0 N–H and O–H groups in total. The second kappa shape index (κ2) is 21.3. The third-order valence-corrected chi connectivity index (χ3v) is 18.8. The molecule has 0 aliphatic rings. The summed E-state index contributed by atoms with van der Waals surface area (Å²) in [5.41, 5.74) is 28.6. The molecule has 0 saturated carbocycles. The van der Waals surface area contributed by atoms with Gasteiger partial charge >= 0.3 is 0 Å². The maximum atomic E-state index is 7.60. The van der Waals surface area contributed by atoms with Crippen molar-refractivity contribution < 1.29 is 0 Å². The van der Waals surface area contributed by atoms with Gasteiger partial charge in [0, 0.05) is 133 Å². The molecule has 7 aromatic carbocycles. The van der Waals surface area contributed by atoms with Gasteiger partial charge in [-0.25, -0.2) is 0 Å². The lowest BCUT2D eigenvalue weighted by molar-refractivity contribution is 1.22. The van der Waals surface area contributed by atoms with Gasteiger partial charge in [-0.3, -0.25) is 0 Å². The van der Waals surface area contributed by atoms with E-state index in [1.54, 1.807) is 7.06 Å². The van der Waals surface area contributed by atoms with Crippen molar-refractivity contribution in [2.24, 2.45) is 0 Å². The smallest absolute Gasteiger partial charge is 0.0821 e. The molecule has 7 aromatic rings. The molecule has 0 bridgehead atoms. The minimum absolute atomic E-state index is 0.546. The lowest BCUT2D eigenvalue weighted by Crippen LogP contribution is -2.74. The first-order chi connectivity index (χ1) is 34.4. The van der Waals surface area contributed by atoms with Crippen molar-refractivity contribution in [1.29, 1.82) is 0 Å². The molecule has 0 heterocycles. The van der Waals surface area contributed by atoms with Gasteiger partial charge in [0.25, 0.3) is 0 Å². The Labute approximate surface area is 467 Å². The summed E-state index contributed by atoms with van der Waals surface area (Å²) in [5, 5.41) is 8.88. The van der Waals surface area contributed by atoms with Crippen LogP contribution < -0.4 is 21.9 Å². The monoisotopic (exact) mass is 921 g/mol. The SMILES string of the molecule is [B][B]B(B([B])[B])c1c(B(B([B])[B])B([B])[B])c(C)c2c(C)c(C)c(-c3c4c(C)c(C)c(C)c(C)c4c(-c4c(C)c(C)c(C)c5c(C)c(C)c(C)c(C)c45)c4c(C)c(C)c(C)c(C)c34)c(B([B])[B][B])c2c1B([B])B([B])[B]. The van der Waals surface area contributed by atoms with Crippen LogP contribution in [0.5, 0.6) is 0 Å². The second-order valence-corrected chi connectivity index (χ2v) is 22.2. The molecule has 0 unspecified atom stereocenters.